The van der Waals surface area contributed by atoms with E-state index < -0.39 is 21.1 Å². The van der Waals surface area contributed by atoms with Crippen molar-refractivity contribution in [1.82, 2.24) is 19.7 Å². The molecule has 1 aliphatic heterocycles. The lowest BCUT2D eigenvalue weighted by molar-refractivity contribution is -0.133. The fourth-order valence-corrected chi connectivity index (χ4v) is 7.34. The first-order chi connectivity index (χ1) is 17.4. The van der Waals surface area contributed by atoms with Crippen LogP contribution in [0.3, 0.4) is 0 Å². The Balaban J connectivity index is 1.50. The van der Waals surface area contributed by atoms with Crippen LogP contribution in [0.4, 0.5) is 0 Å². The van der Waals surface area contributed by atoms with Crippen molar-refractivity contribution in [1.29, 1.82) is 0 Å². The van der Waals surface area contributed by atoms with E-state index in [0.717, 1.165) is 30.2 Å². The van der Waals surface area contributed by atoms with Crippen molar-refractivity contribution >= 4 is 32.6 Å². The van der Waals surface area contributed by atoms with Crippen LogP contribution in [0.25, 0.3) is 10.9 Å². The van der Waals surface area contributed by atoms with Crippen molar-refractivity contribution < 1.29 is 18.0 Å². The van der Waals surface area contributed by atoms with E-state index in [1.807, 2.05) is 46.8 Å². The van der Waals surface area contributed by atoms with Crippen LogP contribution in [0, 0.1) is 5.92 Å². The van der Waals surface area contributed by atoms with Gasteiger partial charge < -0.3 is 19.7 Å². The Kier molecular flexibility index (Phi) is 8.04. The number of carbonyl (C=O) groups is 2. The summed E-state index contributed by atoms with van der Waals surface area (Å²) >= 11 is 0. The molecular formula is C28H42N4O4S. The fourth-order valence-electron chi connectivity index (χ4n) is 6.00. The zero-order valence-electron chi connectivity index (χ0n) is 23.0. The van der Waals surface area contributed by atoms with Crippen LogP contribution < -0.4 is 5.32 Å². The van der Waals surface area contributed by atoms with Gasteiger partial charge in [-0.2, -0.15) is 0 Å². The number of amides is 2. The molecule has 2 aromatic rings. The third-order valence-electron chi connectivity index (χ3n) is 8.60. The largest absolute Gasteiger partial charge is 0.340 e. The zero-order valence-corrected chi connectivity index (χ0v) is 23.8. The first-order valence-electron chi connectivity index (χ1n) is 13.5. The van der Waals surface area contributed by atoms with E-state index >= 15 is 0 Å². The number of hydrogen-bond donors (Lipinski definition) is 1. The third-order valence-corrected chi connectivity index (χ3v) is 10.9. The minimum Gasteiger partial charge on any atom is -0.340 e. The first kappa shape index (κ1) is 27.6. The van der Waals surface area contributed by atoms with Crippen LogP contribution in [0.2, 0.25) is 0 Å². The molecule has 37 heavy (non-hydrogen) atoms. The zero-order chi connectivity index (χ0) is 27.1. The van der Waals surface area contributed by atoms with Crippen molar-refractivity contribution in [3.05, 3.63) is 36.0 Å². The Morgan fingerprint density at radius 2 is 1.84 bits per heavy atom. The summed E-state index contributed by atoms with van der Waals surface area (Å²) in [6.45, 7) is 8.29. The van der Waals surface area contributed by atoms with E-state index in [1.165, 1.54) is 0 Å². The lowest BCUT2D eigenvalue weighted by Gasteiger charge is -2.44. The number of aryl methyl sites for hydroxylation is 1. The molecular weight excluding hydrogens is 488 g/mol. The van der Waals surface area contributed by atoms with E-state index in [9.17, 15) is 18.0 Å². The van der Waals surface area contributed by atoms with Crippen LogP contribution in [-0.4, -0.2) is 83.4 Å². The normalized spacial score (nSPS) is 25.1. The van der Waals surface area contributed by atoms with Crippen LogP contribution in [0.1, 0.15) is 63.9 Å². The smallest absolute Gasteiger partial charge is 0.268 e. The molecule has 2 aliphatic rings. The number of fused-ring (bicyclic) bond motifs is 1. The number of nitrogens with one attached hydrogen (secondary N) is 1. The number of hydrogen-bond acceptors (Lipinski definition) is 5. The van der Waals surface area contributed by atoms with Crippen LogP contribution in [0.15, 0.2) is 30.3 Å². The molecule has 204 valence electrons. The van der Waals surface area contributed by atoms with Gasteiger partial charge in [-0.1, -0.05) is 18.2 Å². The highest BCUT2D eigenvalue weighted by Crippen LogP contribution is 2.35. The highest BCUT2D eigenvalue weighted by Gasteiger charge is 2.44. The van der Waals surface area contributed by atoms with Crippen molar-refractivity contribution in [2.45, 2.75) is 82.8 Å². The molecule has 0 spiro atoms. The van der Waals surface area contributed by atoms with E-state index in [4.69, 9.17) is 0 Å². The molecule has 0 radical (unpaired) electrons. The van der Waals surface area contributed by atoms with E-state index in [2.05, 4.69) is 31.1 Å². The van der Waals surface area contributed by atoms with Gasteiger partial charge >= 0.3 is 0 Å². The van der Waals surface area contributed by atoms with Gasteiger partial charge in [0.2, 0.25) is 5.91 Å². The minimum atomic E-state index is -3.26. The summed E-state index contributed by atoms with van der Waals surface area (Å²) in [5.74, 6) is -0.391. The van der Waals surface area contributed by atoms with Gasteiger partial charge in [0.1, 0.15) is 11.7 Å². The number of sulfone groups is 1. The van der Waals surface area contributed by atoms with Gasteiger partial charge in [-0.05, 0) is 78.5 Å². The van der Waals surface area contributed by atoms with Crippen LogP contribution >= 0.6 is 0 Å². The summed E-state index contributed by atoms with van der Waals surface area (Å²) in [5, 5.41) is 3.49. The lowest BCUT2D eigenvalue weighted by atomic mass is 9.81. The number of rotatable bonds is 8. The van der Waals surface area contributed by atoms with Gasteiger partial charge in [0, 0.05) is 42.6 Å². The molecule has 2 fully saturated rings. The summed E-state index contributed by atoms with van der Waals surface area (Å²) in [6, 6.07) is 9.59. The molecule has 4 atom stereocenters. The molecule has 1 aliphatic carbocycles. The molecule has 1 saturated carbocycles. The summed E-state index contributed by atoms with van der Waals surface area (Å²) in [6.07, 6.45) is 2.98. The first-order valence-corrected chi connectivity index (χ1v) is 15.2. The minimum absolute atomic E-state index is 0.0918. The predicted octanol–water partition coefficient (Wildman–Crippen LogP) is 3.21. The molecule has 2 amide bonds. The summed E-state index contributed by atoms with van der Waals surface area (Å²) < 4.78 is 27.7. The maximum absolute atomic E-state index is 13.5. The van der Waals surface area contributed by atoms with Crippen molar-refractivity contribution in [2.75, 3.05) is 19.3 Å². The maximum atomic E-state index is 13.5. The number of nitrogens with zero attached hydrogens (tertiary/aromatic N) is 3. The molecule has 1 aromatic carbocycles. The van der Waals surface area contributed by atoms with Gasteiger partial charge in [0.15, 0.2) is 9.84 Å². The number of likely N-dealkylation sites (tertiary alicyclic amines) is 1. The average Bonchev–Trinajstić information content (AvgIpc) is 3.38. The topological polar surface area (TPSA) is 91.7 Å². The molecule has 8 nitrogen and oxygen atoms in total. The Morgan fingerprint density at radius 1 is 1.14 bits per heavy atom. The molecule has 0 bridgehead atoms. The monoisotopic (exact) mass is 530 g/mol. The van der Waals surface area contributed by atoms with Crippen molar-refractivity contribution in [3.63, 3.8) is 0 Å². The van der Waals surface area contributed by atoms with E-state index in [-0.39, 0.29) is 29.5 Å². The second-order valence-corrected chi connectivity index (χ2v) is 14.0. The average molecular weight is 531 g/mol. The molecule has 1 aromatic heterocycles. The van der Waals surface area contributed by atoms with Gasteiger partial charge in [0.05, 0.1) is 11.0 Å². The summed E-state index contributed by atoms with van der Waals surface area (Å²) in [5.41, 5.74) is 1.48. The number of para-hydroxylation sites is 1. The Bertz CT molecular complexity index is 1250. The number of aromatic nitrogens is 1. The fraction of sp³-hybridized carbons (Fsp3) is 0.643. The molecule has 0 unspecified atom stereocenters. The van der Waals surface area contributed by atoms with Gasteiger partial charge in [-0.25, -0.2) is 8.42 Å². The Morgan fingerprint density at radius 3 is 2.49 bits per heavy atom. The quantitative estimate of drug-likeness (QED) is 0.566. The molecule has 4 rings (SSSR count). The predicted molar refractivity (Wildman–Crippen MR) is 147 cm³/mol. The summed E-state index contributed by atoms with van der Waals surface area (Å²) in [4.78, 5) is 30.9. The molecule has 1 saturated heterocycles. The Hall–Kier alpha value is -2.39. The molecule has 9 heteroatoms. The van der Waals surface area contributed by atoms with Crippen LogP contribution in [0.5, 0.6) is 0 Å². The van der Waals surface area contributed by atoms with Gasteiger partial charge in [-0.15, -0.1) is 0 Å². The summed E-state index contributed by atoms with van der Waals surface area (Å²) in [7, 11) is 0.692. The van der Waals surface area contributed by atoms with Crippen LogP contribution in [-0.2, 0) is 21.7 Å². The SMILES string of the molecule is CC(C)N(C)[C@@H]1CC[C@H](N2CC[C@H](NC(=O)c3cc4ccccc4n3C)C2=O)[C@@H](CS(=O)(=O)C(C)C)C1. The third kappa shape index (κ3) is 5.58. The Labute approximate surface area is 221 Å². The van der Waals surface area contributed by atoms with Crippen molar-refractivity contribution in [2.24, 2.45) is 13.0 Å². The van der Waals surface area contributed by atoms with Gasteiger partial charge in [0.25, 0.3) is 5.91 Å². The van der Waals surface area contributed by atoms with Crippen molar-refractivity contribution in [3.8, 4) is 0 Å². The second-order valence-electron chi connectivity index (χ2n) is 11.4. The van der Waals surface area contributed by atoms with E-state index in [1.54, 1.807) is 13.8 Å². The number of benzene rings is 1. The standard InChI is InChI=1S/C28H42N4O4S/c1-18(2)30(5)22-11-12-25(21(15-22)17-37(35,36)19(3)4)32-14-13-23(28(32)34)29-27(33)26-16-20-9-7-8-10-24(20)31(26)6/h7-10,16,18-19,21-23,25H,11-15,17H2,1-6H3,(H,29,33)/t21-,22-,23+,25+/m1/s1. The van der Waals surface area contributed by atoms with Gasteiger partial charge in [-0.3, -0.25) is 9.59 Å². The molecule has 2 heterocycles. The highest BCUT2D eigenvalue weighted by atomic mass is 32.2. The second kappa shape index (κ2) is 10.8. The lowest BCUT2D eigenvalue weighted by Crippen LogP contribution is -2.53. The maximum Gasteiger partial charge on any atom is 0.268 e. The number of carbonyl (C=O) groups excluding carboxylic acids is 2. The molecule has 1 N–H and O–H groups in total. The van der Waals surface area contributed by atoms with E-state index in [0.29, 0.717) is 30.7 Å². The highest BCUT2D eigenvalue weighted by molar-refractivity contribution is 7.91.